The fourth-order valence-electron chi connectivity index (χ4n) is 2.56. The van der Waals surface area contributed by atoms with Gasteiger partial charge in [0.1, 0.15) is 0 Å². The molecule has 8 heteroatoms. The molecule has 2 aromatic carbocycles. The molecule has 2 aromatic rings. The van der Waals surface area contributed by atoms with Crippen molar-refractivity contribution in [1.29, 1.82) is 0 Å². The molecule has 7 nitrogen and oxygen atoms in total. The summed E-state index contributed by atoms with van der Waals surface area (Å²) in [4.78, 5) is 26.4. The molecule has 0 aliphatic carbocycles. The molecule has 0 fully saturated rings. The van der Waals surface area contributed by atoms with Gasteiger partial charge >= 0.3 is 5.97 Å². The van der Waals surface area contributed by atoms with Gasteiger partial charge in [-0.25, -0.2) is 13.2 Å². The zero-order valence-electron chi connectivity index (χ0n) is 17.2. The standard InChI is InChI=1S/C21H26N2O5S/c1-15(2)23(5)29(26,27)19-13-9-10-17(14-19)21(25)28-16(3)20(24)22(4)18-11-7-6-8-12-18/h6-16H,1-5H3/t16-/m1/s1. The van der Waals surface area contributed by atoms with E-state index in [1.165, 1.54) is 47.4 Å². The number of rotatable bonds is 7. The fourth-order valence-corrected chi connectivity index (χ4v) is 3.97. The van der Waals surface area contributed by atoms with Crippen LogP contribution in [0.3, 0.4) is 0 Å². The van der Waals surface area contributed by atoms with Crippen molar-refractivity contribution in [3.8, 4) is 0 Å². The normalized spacial score (nSPS) is 12.7. The summed E-state index contributed by atoms with van der Waals surface area (Å²) in [6.07, 6.45) is -1.04. The Kier molecular flexibility index (Phi) is 7.16. The lowest BCUT2D eigenvalue weighted by Crippen LogP contribution is -2.37. The number of amides is 1. The van der Waals surface area contributed by atoms with Crippen LogP contribution in [-0.2, 0) is 19.6 Å². The summed E-state index contributed by atoms with van der Waals surface area (Å²) in [6.45, 7) is 4.99. The highest BCUT2D eigenvalue weighted by Crippen LogP contribution is 2.19. The van der Waals surface area contributed by atoms with Gasteiger partial charge in [0.2, 0.25) is 10.0 Å². The topological polar surface area (TPSA) is 84.0 Å². The van der Waals surface area contributed by atoms with E-state index in [0.29, 0.717) is 5.69 Å². The van der Waals surface area contributed by atoms with Gasteiger partial charge in [-0.15, -0.1) is 0 Å². The van der Waals surface area contributed by atoms with Crippen LogP contribution in [0.25, 0.3) is 0 Å². The predicted molar refractivity (Wildman–Crippen MR) is 111 cm³/mol. The molecule has 2 rings (SSSR count). The van der Waals surface area contributed by atoms with Crippen molar-refractivity contribution in [1.82, 2.24) is 4.31 Å². The molecular formula is C21H26N2O5S. The van der Waals surface area contributed by atoms with Crippen molar-refractivity contribution in [2.24, 2.45) is 0 Å². The van der Waals surface area contributed by atoms with Crippen LogP contribution in [0.15, 0.2) is 59.5 Å². The van der Waals surface area contributed by atoms with E-state index in [-0.39, 0.29) is 16.5 Å². The summed E-state index contributed by atoms with van der Waals surface area (Å²) in [6, 6.07) is 14.3. The molecule has 0 spiro atoms. The molecule has 0 radical (unpaired) electrons. The highest BCUT2D eigenvalue weighted by Gasteiger charge is 2.26. The zero-order valence-corrected chi connectivity index (χ0v) is 18.0. The lowest BCUT2D eigenvalue weighted by atomic mass is 10.2. The summed E-state index contributed by atoms with van der Waals surface area (Å²) >= 11 is 0. The van der Waals surface area contributed by atoms with Gasteiger partial charge in [-0.05, 0) is 51.1 Å². The largest absolute Gasteiger partial charge is 0.449 e. The fraction of sp³-hybridized carbons (Fsp3) is 0.333. The number of anilines is 1. The Balaban J connectivity index is 2.16. The summed E-state index contributed by atoms with van der Waals surface area (Å²) < 4.78 is 31.8. The Morgan fingerprint density at radius 3 is 2.14 bits per heavy atom. The van der Waals surface area contributed by atoms with Crippen LogP contribution < -0.4 is 4.90 Å². The quantitative estimate of drug-likeness (QED) is 0.646. The molecule has 0 heterocycles. The summed E-state index contributed by atoms with van der Waals surface area (Å²) in [5, 5.41) is 0. The van der Waals surface area contributed by atoms with Crippen LogP contribution in [0.1, 0.15) is 31.1 Å². The van der Waals surface area contributed by atoms with Crippen molar-refractivity contribution in [3.05, 3.63) is 60.2 Å². The van der Waals surface area contributed by atoms with Crippen molar-refractivity contribution in [3.63, 3.8) is 0 Å². The van der Waals surface area contributed by atoms with Gasteiger partial charge < -0.3 is 9.64 Å². The van der Waals surface area contributed by atoms with Crippen molar-refractivity contribution < 1.29 is 22.7 Å². The first kappa shape index (κ1) is 22.6. The lowest BCUT2D eigenvalue weighted by molar-refractivity contribution is -0.126. The average molecular weight is 419 g/mol. The maximum absolute atomic E-state index is 12.6. The number of esters is 1. The maximum atomic E-state index is 12.6. The Hall–Kier alpha value is -2.71. The molecule has 156 valence electrons. The molecule has 1 amide bonds. The van der Waals surface area contributed by atoms with E-state index in [1.54, 1.807) is 45.2 Å². The lowest BCUT2D eigenvalue weighted by Gasteiger charge is -2.22. The first-order valence-corrected chi connectivity index (χ1v) is 10.6. The molecule has 0 saturated heterocycles. The van der Waals surface area contributed by atoms with Crippen molar-refractivity contribution in [2.75, 3.05) is 19.0 Å². The summed E-state index contributed by atoms with van der Waals surface area (Å²) in [7, 11) is -0.667. The number of likely N-dealkylation sites (N-methyl/N-ethyl adjacent to an activating group) is 1. The number of para-hydroxylation sites is 1. The van der Waals surface area contributed by atoms with Gasteiger partial charge in [-0.2, -0.15) is 4.31 Å². The van der Waals surface area contributed by atoms with Crippen LogP contribution in [-0.4, -0.2) is 50.8 Å². The van der Waals surface area contributed by atoms with E-state index >= 15 is 0 Å². The summed E-state index contributed by atoms with van der Waals surface area (Å²) in [5.41, 5.74) is 0.732. The Labute approximate surface area is 171 Å². The highest BCUT2D eigenvalue weighted by atomic mass is 32.2. The second kappa shape index (κ2) is 9.19. The van der Waals surface area contributed by atoms with Gasteiger partial charge in [0.15, 0.2) is 6.10 Å². The van der Waals surface area contributed by atoms with Crippen LogP contribution in [0, 0.1) is 0 Å². The molecule has 0 unspecified atom stereocenters. The van der Waals surface area contributed by atoms with E-state index in [1.807, 2.05) is 6.07 Å². The van der Waals surface area contributed by atoms with Crippen molar-refractivity contribution >= 4 is 27.6 Å². The molecule has 0 aliphatic heterocycles. The van der Waals surface area contributed by atoms with Crippen LogP contribution in [0.4, 0.5) is 5.69 Å². The van der Waals surface area contributed by atoms with Crippen LogP contribution in [0.2, 0.25) is 0 Å². The number of sulfonamides is 1. The number of carbonyl (C=O) groups excluding carboxylic acids is 2. The van der Waals surface area contributed by atoms with Crippen LogP contribution in [0.5, 0.6) is 0 Å². The molecule has 0 aliphatic rings. The zero-order chi connectivity index (χ0) is 21.8. The Morgan fingerprint density at radius 1 is 0.931 bits per heavy atom. The van der Waals surface area contributed by atoms with E-state index in [2.05, 4.69) is 0 Å². The highest BCUT2D eigenvalue weighted by molar-refractivity contribution is 7.89. The van der Waals surface area contributed by atoms with Gasteiger partial charge in [0.25, 0.3) is 5.91 Å². The summed E-state index contributed by atoms with van der Waals surface area (Å²) in [5.74, 6) is -1.16. The van der Waals surface area contributed by atoms with E-state index in [4.69, 9.17) is 4.74 Å². The molecule has 0 N–H and O–H groups in total. The molecule has 29 heavy (non-hydrogen) atoms. The third-order valence-corrected chi connectivity index (χ3v) is 6.61. The Morgan fingerprint density at radius 2 is 1.55 bits per heavy atom. The second-order valence-corrected chi connectivity index (χ2v) is 8.92. The van der Waals surface area contributed by atoms with Gasteiger partial charge in [-0.1, -0.05) is 24.3 Å². The average Bonchev–Trinajstić information content (AvgIpc) is 2.72. The minimum atomic E-state index is -3.74. The first-order chi connectivity index (χ1) is 13.6. The number of ether oxygens (including phenoxy) is 1. The monoisotopic (exact) mass is 418 g/mol. The minimum Gasteiger partial charge on any atom is -0.449 e. The third kappa shape index (κ3) is 5.21. The molecule has 0 saturated carbocycles. The molecular weight excluding hydrogens is 392 g/mol. The number of hydrogen-bond donors (Lipinski definition) is 0. The molecule has 0 bridgehead atoms. The second-order valence-electron chi connectivity index (χ2n) is 6.92. The minimum absolute atomic E-state index is 0.0106. The van der Waals surface area contributed by atoms with E-state index in [9.17, 15) is 18.0 Å². The van der Waals surface area contributed by atoms with E-state index < -0.39 is 28.0 Å². The number of nitrogens with zero attached hydrogens (tertiary/aromatic N) is 2. The number of benzene rings is 2. The van der Waals surface area contributed by atoms with Gasteiger partial charge in [0.05, 0.1) is 10.5 Å². The third-order valence-electron chi connectivity index (χ3n) is 4.58. The van der Waals surface area contributed by atoms with Gasteiger partial charge in [-0.3, -0.25) is 4.79 Å². The first-order valence-electron chi connectivity index (χ1n) is 9.17. The smallest absolute Gasteiger partial charge is 0.338 e. The van der Waals surface area contributed by atoms with Gasteiger partial charge in [0, 0.05) is 25.8 Å². The number of carbonyl (C=O) groups is 2. The molecule has 0 aromatic heterocycles. The predicted octanol–water partition coefficient (Wildman–Crippen LogP) is 2.92. The van der Waals surface area contributed by atoms with Crippen LogP contribution >= 0.6 is 0 Å². The van der Waals surface area contributed by atoms with Crippen molar-refractivity contribution in [2.45, 2.75) is 37.8 Å². The number of hydrogen-bond acceptors (Lipinski definition) is 5. The maximum Gasteiger partial charge on any atom is 0.338 e. The molecule has 1 atom stereocenters. The SMILES string of the molecule is CC(C)N(C)S(=O)(=O)c1cccc(C(=O)O[C@H](C)C(=O)N(C)c2ccccc2)c1. The Bertz CT molecular complexity index is 974. The van der Waals surface area contributed by atoms with E-state index in [0.717, 1.165) is 0 Å².